The molecule has 0 fully saturated rings. The summed E-state index contributed by atoms with van der Waals surface area (Å²) in [5.41, 5.74) is 0.335. The first-order valence-corrected chi connectivity index (χ1v) is 6.66. The Morgan fingerprint density at radius 2 is 2.10 bits per heavy atom. The number of nitrogens with one attached hydrogen (secondary N) is 2. The minimum atomic E-state index is -1.09. The van der Waals surface area contributed by atoms with E-state index in [4.69, 9.17) is 5.11 Å². The van der Waals surface area contributed by atoms with Gasteiger partial charge in [0.2, 0.25) is 5.91 Å². The van der Waals surface area contributed by atoms with Crippen molar-refractivity contribution in [2.24, 2.45) is 5.92 Å². The Morgan fingerprint density at radius 3 is 2.62 bits per heavy atom. The van der Waals surface area contributed by atoms with Crippen LogP contribution in [-0.2, 0) is 9.59 Å². The van der Waals surface area contributed by atoms with E-state index in [0.717, 1.165) is 0 Å². The summed E-state index contributed by atoms with van der Waals surface area (Å²) < 4.78 is 0. The third-order valence-electron chi connectivity index (χ3n) is 3.13. The van der Waals surface area contributed by atoms with E-state index in [-0.39, 0.29) is 12.5 Å². The molecule has 1 aromatic rings. The number of nitrogens with zero attached hydrogens (tertiary/aromatic N) is 1. The molecule has 0 spiro atoms. The van der Waals surface area contributed by atoms with Crippen molar-refractivity contribution in [3.05, 3.63) is 30.1 Å². The van der Waals surface area contributed by atoms with E-state index in [1.807, 2.05) is 6.92 Å². The number of aliphatic carboxylic acids is 1. The zero-order valence-electron chi connectivity index (χ0n) is 12.0. The van der Waals surface area contributed by atoms with Crippen LogP contribution >= 0.6 is 0 Å². The predicted molar refractivity (Wildman–Crippen MR) is 75.6 cm³/mol. The fourth-order valence-electron chi connectivity index (χ4n) is 1.67. The van der Waals surface area contributed by atoms with E-state index in [1.165, 1.54) is 12.4 Å². The number of aromatic nitrogens is 1. The van der Waals surface area contributed by atoms with E-state index >= 15 is 0 Å². The second-order valence-electron chi connectivity index (χ2n) is 4.69. The number of hydrogen-bond donors (Lipinski definition) is 3. The van der Waals surface area contributed by atoms with Crippen molar-refractivity contribution in [3.8, 4) is 0 Å². The number of amides is 2. The molecule has 1 heterocycles. The van der Waals surface area contributed by atoms with Crippen molar-refractivity contribution < 1.29 is 19.5 Å². The van der Waals surface area contributed by atoms with Crippen molar-refractivity contribution in [1.29, 1.82) is 0 Å². The van der Waals surface area contributed by atoms with Crippen LogP contribution in [0.2, 0.25) is 0 Å². The number of hydrogen-bond acceptors (Lipinski definition) is 4. The Bertz CT molecular complexity index is 504. The Kier molecular flexibility index (Phi) is 6.32. The van der Waals surface area contributed by atoms with Gasteiger partial charge >= 0.3 is 5.97 Å². The highest BCUT2D eigenvalue weighted by Crippen LogP contribution is 2.07. The first-order chi connectivity index (χ1) is 9.95. The fraction of sp³-hybridized carbons (Fsp3) is 0.429. The molecule has 7 nitrogen and oxygen atoms in total. The SMILES string of the molecule is CC[C@H](C)[C@H](NC(=O)CNC(=O)c1cccnc1)C(=O)O. The lowest BCUT2D eigenvalue weighted by molar-refractivity contribution is -0.143. The van der Waals surface area contributed by atoms with Crippen molar-refractivity contribution in [2.75, 3.05) is 6.54 Å². The number of carboxylic acid groups (broad SMARTS) is 1. The number of rotatable bonds is 7. The van der Waals surface area contributed by atoms with E-state index < -0.39 is 23.8 Å². The van der Waals surface area contributed by atoms with Gasteiger partial charge in [0.25, 0.3) is 5.91 Å². The molecule has 0 aromatic carbocycles. The first-order valence-electron chi connectivity index (χ1n) is 6.66. The van der Waals surface area contributed by atoms with E-state index in [9.17, 15) is 14.4 Å². The zero-order chi connectivity index (χ0) is 15.8. The van der Waals surface area contributed by atoms with Gasteiger partial charge in [0.1, 0.15) is 6.04 Å². The third-order valence-corrected chi connectivity index (χ3v) is 3.13. The molecule has 3 N–H and O–H groups in total. The molecule has 0 aliphatic rings. The van der Waals surface area contributed by atoms with E-state index in [2.05, 4.69) is 15.6 Å². The van der Waals surface area contributed by atoms with Gasteiger partial charge in [-0.15, -0.1) is 0 Å². The van der Waals surface area contributed by atoms with Crippen LogP contribution in [0.4, 0.5) is 0 Å². The fourth-order valence-corrected chi connectivity index (χ4v) is 1.67. The molecule has 0 aliphatic carbocycles. The quantitative estimate of drug-likeness (QED) is 0.675. The van der Waals surface area contributed by atoms with Gasteiger partial charge in [-0.2, -0.15) is 0 Å². The predicted octanol–water partition coefficient (Wildman–Crippen LogP) is 0.427. The van der Waals surface area contributed by atoms with Crippen LogP contribution in [0, 0.1) is 5.92 Å². The Morgan fingerprint density at radius 1 is 1.38 bits per heavy atom. The van der Waals surface area contributed by atoms with Crippen LogP contribution in [-0.4, -0.2) is 40.5 Å². The highest BCUT2D eigenvalue weighted by atomic mass is 16.4. The van der Waals surface area contributed by atoms with E-state index in [1.54, 1.807) is 19.1 Å². The van der Waals surface area contributed by atoms with Crippen LogP contribution in [0.3, 0.4) is 0 Å². The van der Waals surface area contributed by atoms with Crippen LogP contribution in [0.1, 0.15) is 30.6 Å². The molecule has 0 aliphatic heterocycles. The second-order valence-corrected chi connectivity index (χ2v) is 4.69. The summed E-state index contributed by atoms with van der Waals surface area (Å²) in [6, 6.07) is 2.22. The van der Waals surface area contributed by atoms with Gasteiger partial charge in [0.05, 0.1) is 12.1 Å². The maximum atomic E-state index is 11.7. The molecule has 2 amide bonds. The maximum Gasteiger partial charge on any atom is 0.326 e. The molecule has 114 valence electrons. The van der Waals surface area contributed by atoms with Crippen LogP contribution in [0.25, 0.3) is 0 Å². The number of pyridine rings is 1. The molecular formula is C14H19N3O4. The lowest BCUT2D eigenvalue weighted by Crippen LogP contribution is -2.48. The molecule has 1 rings (SSSR count). The highest BCUT2D eigenvalue weighted by molar-refractivity contribution is 5.96. The zero-order valence-corrected chi connectivity index (χ0v) is 12.0. The van der Waals surface area contributed by atoms with Crippen molar-refractivity contribution >= 4 is 17.8 Å². The van der Waals surface area contributed by atoms with Gasteiger partial charge in [0.15, 0.2) is 0 Å². The lowest BCUT2D eigenvalue weighted by Gasteiger charge is -2.20. The maximum absolute atomic E-state index is 11.7. The molecule has 2 atom stereocenters. The summed E-state index contributed by atoms with van der Waals surface area (Å²) in [4.78, 5) is 38.3. The normalized spacial score (nSPS) is 13.0. The molecule has 1 aromatic heterocycles. The number of carboxylic acids is 1. The molecular weight excluding hydrogens is 274 g/mol. The first kappa shape index (κ1) is 16.6. The monoisotopic (exact) mass is 293 g/mol. The van der Waals surface area contributed by atoms with Gasteiger partial charge in [-0.3, -0.25) is 14.6 Å². The van der Waals surface area contributed by atoms with Crippen LogP contribution in [0.5, 0.6) is 0 Å². The largest absolute Gasteiger partial charge is 0.480 e. The van der Waals surface area contributed by atoms with Gasteiger partial charge in [0, 0.05) is 12.4 Å². The summed E-state index contributed by atoms with van der Waals surface area (Å²) in [5, 5.41) is 13.9. The standard InChI is InChI=1S/C14H19N3O4/c1-3-9(2)12(14(20)21)17-11(18)8-16-13(19)10-5-4-6-15-7-10/h4-7,9,12H,3,8H2,1-2H3,(H,16,19)(H,17,18)(H,20,21)/t9-,12-/m0/s1. The molecule has 0 saturated heterocycles. The van der Waals surface area contributed by atoms with Crippen LogP contribution in [0.15, 0.2) is 24.5 Å². The lowest BCUT2D eigenvalue weighted by atomic mass is 9.99. The van der Waals surface area contributed by atoms with Gasteiger partial charge < -0.3 is 15.7 Å². The van der Waals surface area contributed by atoms with Crippen LogP contribution < -0.4 is 10.6 Å². The second kappa shape index (κ2) is 7.98. The third kappa shape index (κ3) is 5.21. The van der Waals surface area contributed by atoms with Gasteiger partial charge in [-0.25, -0.2) is 4.79 Å². The molecule has 0 saturated carbocycles. The number of carbonyl (C=O) groups is 3. The molecule has 0 radical (unpaired) electrons. The molecule has 0 unspecified atom stereocenters. The topological polar surface area (TPSA) is 108 Å². The van der Waals surface area contributed by atoms with Crippen molar-refractivity contribution in [3.63, 3.8) is 0 Å². The smallest absolute Gasteiger partial charge is 0.326 e. The van der Waals surface area contributed by atoms with Crippen molar-refractivity contribution in [2.45, 2.75) is 26.3 Å². The summed E-state index contributed by atoms with van der Waals surface area (Å²) in [6.07, 6.45) is 3.54. The number of carbonyl (C=O) groups excluding carboxylic acids is 2. The summed E-state index contributed by atoms with van der Waals surface area (Å²) in [5.74, 6) is -2.26. The molecule has 7 heteroatoms. The Balaban J connectivity index is 2.50. The Labute approximate surface area is 122 Å². The molecule has 21 heavy (non-hydrogen) atoms. The minimum absolute atomic E-state index is 0.194. The summed E-state index contributed by atoms with van der Waals surface area (Å²) in [7, 11) is 0. The Hall–Kier alpha value is -2.44. The van der Waals surface area contributed by atoms with Crippen molar-refractivity contribution in [1.82, 2.24) is 15.6 Å². The highest BCUT2D eigenvalue weighted by Gasteiger charge is 2.25. The minimum Gasteiger partial charge on any atom is -0.480 e. The summed E-state index contributed by atoms with van der Waals surface area (Å²) in [6.45, 7) is 3.30. The van der Waals surface area contributed by atoms with Gasteiger partial charge in [-0.05, 0) is 18.1 Å². The molecule has 0 bridgehead atoms. The average Bonchev–Trinajstić information content (AvgIpc) is 2.50. The van der Waals surface area contributed by atoms with E-state index in [0.29, 0.717) is 12.0 Å². The average molecular weight is 293 g/mol. The van der Waals surface area contributed by atoms with Gasteiger partial charge in [-0.1, -0.05) is 20.3 Å². The summed E-state index contributed by atoms with van der Waals surface area (Å²) >= 11 is 0.